The highest BCUT2D eigenvalue weighted by Gasteiger charge is 2.68. The van der Waals surface area contributed by atoms with E-state index in [1.54, 1.807) is 0 Å². The van der Waals surface area contributed by atoms with Gasteiger partial charge >= 0.3 is 0 Å². The van der Waals surface area contributed by atoms with Crippen LogP contribution in [0.2, 0.25) is 0 Å². The Balaban J connectivity index is 0.800. The highest BCUT2D eigenvalue weighted by atomic mass is 16.8. The second-order valence-electron chi connectivity index (χ2n) is 26.2. The Bertz CT molecular complexity index is 2180. The van der Waals surface area contributed by atoms with E-state index in [4.69, 9.17) is 52.1 Å². The number of aliphatic hydroxyl groups excluding tert-OH is 15. The van der Waals surface area contributed by atoms with Gasteiger partial charge in [-0.2, -0.15) is 0 Å². The van der Waals surface area contributed by atoms with E-state index in [9.17, 15) is 81.7 Å². The van der Waals surface area contributed by atoms with Crippen LogP contribution in [0.25, 0.3) is 0 Å². The normalized spacial score (nSPS) is 55.0. The molecule has 9 fully saturated rings. The van der Waals surface area contributed by atoms with E-state index in [1.807, 2.05) is 6.92 Å². The summed E-state index contributed by atoms with van der Waals surface area (Å²) >= 11 is 0. The van der Waals surface area contributed by atoms with E-state index in [0.717, 1.165) is 32.1 Å². The molecule has 0 aromatic carbocycles. The summed E-state index contributed by atoms with van der Waals surface area (Å²) in [6, 6.07) is 0. The van der Waals surface area contributed by atoms with Gasteiger partial charge in [0.2, 0.25) is 0 Å². The molecule has 0 bridgehead atoms. The molecule has 83 heavy (non-hydrogen) atoms. The van der Waals surface area contributed by atoms with Gasteiger partial charge in [0.1, 0.15) is 110 Å². The Hall–Kier alpha value is -1.34. The van der Waals surface area contributed by atoms with E-state index in [0.29, 0.717) is 43.4 Å². The van der Waals surface area contributed by atoms with Crippen molar-refractivity contribution in [1.82, 2.24) is 0 Å². The van der Waals surface area contributed by atoms with Gasteiger partial charge in [0, 0.05) is 12.3 Å². The minimum Gasteiger partial charge on any atom is -0.394 e. The van der Waals surface area contributed by atoms with Crippen molar-refractivity contribution >= 4 is 0 Å². The number of hydrogen-bond acceptors (Lipinski definition) is 27. The largest absolute Gasteiger partial charge is 0.394 e. The van der Waals surface area contributed by atoms with Crippen LogP contribution in [-0.2, 0) is 52.1 Å². The maximum atomic E-state index is 12.3. The first-order valence-electron chi connectivity index (χ1n) is 29.8. The third-order valence-corrected chi connectivity index (χ3v) is 21.2. The Kier molecular flexibility index (Phi) is 19.9. The zero-order valence-electron chi connectivity index (χ0n) is 47.6. The molecular formula is C56H92O27. The van der Waals surface area contributed by atoms with Crippen molar-refractivity contribution in [2.24, 2.45) is 46.3 Å². The molecular weight excluding hydrogens is 1100 g/mol. The van der Waals surface area contributed by atoms with Gasteiger partial charge in [-0.3, -0.25) is 0 Å². The molecule has 4 aliphatic carbocycles. The molecule has 6 heterocycles. The van der Waals surface area contributed by atoms with Crippen molar-refractivity contribution < 1.29 is 134 Å². The quantitative estimate of drug-likeness (QED) is 0.0610. The van der Waals surface area contributed by atoms with Gasteiger partial charge in [0.25, 0.3) is 0 Å². The third-order valence-electron chi connectivity index (χ3n) is 21.2. The average molecular weight is 1200 g/mol. The molecule has 16 N–H and O–H groups in total. The van der Waals surface area contributed by atoms with Crippen molar-refractivity contribution in [3.05, 3.63) is 11.6 Å². The molecule has 0 aromatic heterocycles. The van der Waals surface area contributed by atoms with E-state index in [-0.39, 0.29) is 41.3 Å². The van der Waals surface area contributed by atoms with Crippen LogP contribution in [0.15, 0.2) is 11.6 Å². The fourth-order valence-corrected chi connectivity index (χ4v) is 16.2. The molecule has 0 radical (unpaired) electrons. The number of ether oxygens (including phenoxy) is 11. The first-order chi connectivity index (χ1) is 39.3. The van der Waals surface area contributed by atoms with E-state index in [1.165, 1.54) is 12.5 Å². The molecule has 0 spiro atoms. The zero-order valence-corrected chi connectivity index (χ0v) is 47.6. The number of allylic oxidation sites excluding steroid dienone is 1. The molecule has 2 unspecified atom stereocenters. The lowest BCUT2D eigenvalue weighted by molar-refractivity contribution is -0.395. The summed E-state index contributed by atoms with van der Waals surface area (Å²) in [6.07, 6.45) is -30.4. The number of rotatable bonds is 17. The van der Waals surface area contributed by atoms with Crippen LogP contribution in [0.5, 0.6) is 0 Å². The van der Waals surface area contributed by atoms with Gasteiger partial charge in [-0.15, -0.1) is 0 Å². The Labute approximate surface area is 481 Å². The highest BCUT2D eigenvalue weighted by Crippen LogP contribution is 2.70. The lowest BCUT2D eigenvalue weighted by Crippen LogP contribution is -2.67. The predicted molar refractivity (Wildman–Crippen MR) is 277 cm³/mol. The lowest BCUT2D eigenvalue weighted by atomic mass is 9.47. The lowest BCUT2D eigenvalue weighted by Gasteiger charge is -2.58. The first-order valence-corrected chi connectivity index (χ1v) is 29.8. The molecule has 10 aliphatic rings. The summed E-state index contributed by atoms with van der Waals surface area (Å²) in [5, 5.41) is 172. The molecule has 0 aromatic rings. The maximum Gasteiger partial charge on any atom is 0.187 e. The SMILES string of the molecule is CC(CCC1(O)O[C@H]2C[C@H]3[C@@H]4CC=C5C[C@@H](O[C@@H]6O[C@H](CO)[C@@H](O[C@@H]7O[C@H](CO)[C@@H](O)[C@H](O[C@@H]8OC[C@H](O)[C@@H](O)[C@@H]8O)[C@H]7O)[C@H](O)[C@H]6O[C@@H]6O[C@H](C)[C@@H](O)[C@H](O)[C@@H]6O)CC[C@]5(C)[C@H]4CC[C@]3(C)[C@H]2[C@@H]1C)CO[C@@H]1O[C@H](CO)[C@@H](O)[C@H](O)[C@H]1O. The van der Waals surface area contributed by atoms with Crippen LogP contribution < -0.4 is 0 Å². The first kappa shape index (κ1) is 64.6. The van der Waals surface area contributed by atoms with Gasteiger partial charge in [0.05, 0.1) is 51.3 Å². The third kappa shape index (κ3) is 11.9. The molecule has 6 aliphatic heterocycles. The minimum atomic E-state index is -1.96. The van der Waals surface area contributed by atoms with Gasteiger partial charge in [0.15, 0.2) is 37.2 Å². The van der Waals surface area contributed by atoms with E-state index >= 15 is 0 Å². The monoisotopic (exact) mass is 1200 g/mol. The summed E-state index contributed by atoms with van der Waals surface area (Å²) in [7, 11) is 0. The van der Waals surface area contributed by atoms with Gasteiger partial charge in [-0.05, 0) is 98.7 Å². The summed E-state index contributed by atoms with van der Waals surface area (Å²) in [4.78, 5) is 0. The van der Waals surface area contributed by atoms with Gasteiger partial charge in [-0.25, -0.2) is 0 Å². The fraction of sp³-hybridized carbons (Fsp3) is 0.964. The van der Waals surface area contributed by atoms with Crippen molar-refractivity contribution in [2.45, 2.75) is 258 Å². The van der Waals surface area contributed by atoms with Crippen molar-refractivity contribution in [2.75, 3.05) is 33.0 Å². The molecule has 0 amide bonds. The predicted octanol–water partition coefficient (Wildman–Crippen LogP) is -4.54. The average Bonchev–Trinajstić information content (AvgIpc) is 1.68. The summed E-state index contributed by atoms with van der Waals surface area (Å²) in [5.74, 6) is -0.495. The number of fused-ring (bicyclic) bond motifs is 7. The molecule has 10 rings (SSSR count). The van der Waals surface area contributed by atoms with Crippen LogP contribution in [0.4, 0.5) is 0 Å². The fourth-order valence-electron chi connectivity index (χ4n) is 16.2. The van der Waals surface area contributed by atoms with Gasteiger partial charge < -0.3 is 134 Å². The molecule has 35 atom stereocenters. The number of aliphatic hydroxyl groups is 16. The van der Waals surface area contributed by atoms with Crippen molar-refractivity contribution in [3.8, 4) is 0 Å². The molecule has 27 heteroatoms. The Morgan fingerprint density at radius 2 is 1.22 bits per heavy atom. The van der Waals surface area contributed by atoms with Crippen molar-refractivity contribution in [3.63, 3.8) is 0 Å². The van der Waals surface area contributed by atoms with Crippen LogP contribution in [0.3, 0.4) is 0 Å². The zero-order chi connectivity index (χ0) is 59.9. The summed E-state index contributed by atoms with van der Waals surface area (Å²) < 4.78 is 66.1. The minimum absolute atomic E-state index is 0.0994. The van der Waals surface area contributed by atoms with E-state index in [2.05, 4.69) is 26.8 Å². The van der Waals surface area contributed by atoms with Crippen LogP contribution >= 0.6 is 0 Å². The van der Waals surface area contributed by atoms with Gasteiger partial charge in [-0.1, -0.05) is 39.3 Å². The smallest absolute Gasteiger partial charge is 0.187 e. The molecule has 6 saturated heterocycles. The van der Waals surface area contributed by atoms with Crippen LogP contribution in [-0.4, -0.2) is 280 Å². The Morgan fingerprint density at radius 3 is 1.93 bits per heavy atom. The highest BCUT2D eigenvalue weighted by molar-refractivity contribution is 5.26. The summed E-state index contributed by atoms with van der Waals surface area (Å²) in [5.41, 5.74) is 0.914. The molecule has 478 valence electrons. The van der Waals surface area contributed by atoms with Crippen LogP contribution in [0.1, 0.15) is 92.4 Å². The summed E-state index contributed by atoms with van der Waals surface area (Å²) in [6.45, 7) is 7.61. The second-order valence-corrected chi connectivity index (χ2v) is 26.2. The Morgan fingerprint density at radius 1 is 0.602 bits per heavy atom. The number of hydrogen-bond donors (Lipinski definition) is 16. The molecule has 27 nitrogen and oxygen atoms in total. The van der Waals surface area contributed by atoms with Crippen LogP contribution in [0, 0.1) is 46.3 Å². The maximum absolute atomic E-state index is 12.3. The molecule has 3 saturated carbocycles. The second kappa shape index (κ2) is 25.5. The standard InChI is InChI=1S/C56H92O27/c1-21(19-73-49-42(68)40(66)37(63)31(16-57)77-49)8-13-56(72)22(2)34-30(83-56)15-28-26-7-6-24-14-25(9-11-54(24,4)27(26)10-12-55(28,34)5)76-53-48(82-51-43(69)39(65)35(61)23(3)75-51)44(70)46(33(18-59)79-53)80-52-45(71)47(38(64)32(17-58)78-52)81-50-41(67)36(62)29(60)20-74-50/h6,21-23,25-53,57-72H,7-20H2,1-5H3/t21?,22-,23+,25-,26+,27-,28-,29-,30-,31+,32+,33+,34-,35+,36+,37+,38+,39-,40-,41-,42+,43-,44-,45+,46+,47-,48+,49+,50-,51-,52-,53+,54-,55-,56?/m0/s1. The topological polar surface area (TPSA) is 425 Å². The van der Waals surface area contributed by atoms with E-state index < -0.39 is 186 Å². The van der Waals surface area contributed by atoms with Crippen molar-refractivity contribution in [1.29, 1.82) is 0 Å².